The van der Waals surface area contributed by atoms with Gasteiger partial charge in [0, 0.05) is 23.8 Å². The Morgan fingerprint density at radius 3 is 2.60 bits per heavy atom. The molecule has 0 spiro atoms. The highest BCUT2D eigenvalue weighted by Gasteiger charge is 2.14. The third-order valence-corrected chi connectivity index (χ3v) is 2.49. The Morgan fingerprint density at radius 1 is 1.15 bits per heavy atom. The molecule has 0 bridgehead atoms. The molecule has 2 heterocycles. The van der Waals surface area contributed by atoms with Gasteiger partial charge < -0.3 is 10.6 Å². The summed E-state index contributed by atoms with van der Waals surface area (Å²) in [5.74, 6) is -0.122. The number of nitrogens with one attached hydrogen (secondary N) is 2. The Morgan fingerprint density at radius 2 is 1.95 bits per heavy atom. The van der Waals surface area contributed by atoms with E-state index in [1.807, 2.05) is 20.8 Å². The fraction of sp³-hybridized carbons (Fsp3) is 0.385. The molecule has 0 unspecified atom stereocenters. The molecule has 0 atom stereocenters. The monoisotopic (exact) mass is 276 g/mol. The van der Waals surface area contributed by atoms with E-state index in [4.69, 9.17) is 0 Å². The number of aromatic nitrogens is 4. The van der Waals surface area contributed by atoms with E-state index < -0.39 is 5.82 Å². The van der Waals surface area contributed by atoms with Crippen molar-refractivity contribution in [3.8, 4) is 0 Å². The van der Waals surface area contributed by atoms with E-state index in [2.05, 4.69) is 30.8 Å². The molecule has 6 nitrogen and oxygen atoms in total. The van der Waals surface area contributed by atoms with Gasteiger partial charge in [-0.15, -0.1) is 5.10 Å². The van der Waals surface area contributed by atoms with E-state index in [1.54, 1.807) is 12.3 Å². The van der Waals surface area contributed by atoms with Crippen molar-refractivity contribution in [3.05, 3.63) is 36.0 Å². The van der Waals surface area contributed by atoms with Crippen LogP contribution < -0.4 is 10.6 Å². The molecular weight excluding hydrogens is 259 g/mol. The molecule has 2 rings (SSSR count). The molecule has 0 radical (unpaired) electrons. The van der Waals surface area contributed by atoms with Crippen LogP contribution in [0.4, 0.5) is 16.2 Å². The van der Waals surface area contributed by atoms with E-state index in [9.17, 15) is 4.39 Å². The number of nitrogens with zero attached hydrogens (tertiary/aromatic N) is 4. The van der Waals surface area contributed by atoms with Crippen LogP contribution in [0.15, 0.2) is 24.7 Å². The number of anilines is 2. The van der Waals surface area contributed by atoms with Gasteiger partial charge in [-0.2, -0.15) is 5.10 Å². The Labute approximate surface area is 116 Å². The zero-order valence-electron chi connectivity index (χ0n) is 11.7. The largest absolute Gasteiger partial charge is 0.308 e. The third-order valence-electron chi connectivity index (χ3n) is 2.49. The lowest BCUT2D eigenvalue weighted by Gasteiger charge is -2.21. The van der Waals surface area contributed by atoms with E-state index in [1.165, 1.54) is 12.4 Å². The Hall–Kier alpha value is -2.15. The molecule has 0 aromatic carbocycles. The van der Waals surface area contributed by atoms with Crippen molar-refractivity contribution in [2.75, 3.05) is 5.32 Å². The zero-order valence-corrected chi connectivity index (χ0v) is 11.7. The lowest BCUT2D eigenvalue weighted by Crippen LogP contribution is -2.35. The summed E-state index contributed by atoms with van der Waals surface area (Å²) in [6.07, 6.45) is 4.46. The van der Waals surface area contributed by atoms with Crippen molar-refractivity contribution in [1.82, 2.24) is 25.5 Å². The van der Waals surface area contributed by atoms with Crippen LogP contribution in [0.3, 0.4) is 0 Å². The molecule has 2 aromatic heterocycles. The standard InChI is InChI=1S/C13H17FN6/c1-13(2,3)17-8-9-4-5-15-11(10(9)14)19-12-16-6-7-18-20-12/h4-7,17H,8H2,1-3H3,(H,15,16,19,20). The first kappa shape index (κ1) is 14.3. The Kier molecular flexibility index (Phi) is 4.19. The summed E-state index contributed by atoms with van der Waals surface area (Å²) < 4.78 is 14.3. The van der Waals surface area contributed by atoms with Crippen molar-refractivity contribution in [3.63, 3.8) is 0 Å². The van der Waals surface area contributed by atoms with Gasteiger partial charge in [-0.1, -0.05) is 0 Å². The molecule has 7 heteroatoms. The van der Waals surface area contributed by atoms with Gasteiger partial charge in [0.25, 0.3) is 0 Å². The molecule has 2 aromatic rings. The average Bonchev–Trinajstić information content (AvgIpc) is 2.40. The third kappa shape index (κ3) is 3.92. The molecular formula is C13H17FN6. The summed E-state index contributed by atoms with van der Waals surface area (Å²) in [4.78, 5) is 7.88. The molecule has 0 amide bonds. The first-order valence-corrected chi connectivity index (χ1v) is 6.25. The van der Waals surface area contributed by atoms with E-state index in [-0.39, 0.29) is 17.3 Å². The van der Waals surface area contributed by atoms with Crippen LogP contribution in [0, 0.1) is 5.82 Å². The lowest BCUT2D eigenvalue weighted by atomic mass is 10.1. The summed E-state index contributed by atoms with van der Waals surface area (Å²) in [7, 11) is 0. The van der Waals surface area contributed by atoms with E-state index in [0.717, 1.165) is 0 Å². The van der Waals surface area contributed by atoms with Crippen LogP contribution in [0.25, 0.3) is 0 Å². The van der Waals surface area contributed by atoms with Gasteiger partial charge in [0.05, 0.1) is 12.4 Å². The summed E-state index contributed by atoms with van der Waals surface area (Å²) >= 11 is 0. The van der Waals surface area contributed by atoms with Gasteiger partial charge in [-0.3, -0.25) is 0 Å². The Bertz CT molecular complexity index is 567. The number of hydrogen-bond acceptors (Lipinski definition) is 6. The molecule has 0 fully saturated rings. The molecule has 0 saturated heterocycles. The van der Waals surface area contributed by atoms with Crippen LogP contribution in [0.1, 0.15) is 26.3 Å². The first-order chi connectivity index (χ1) is 9.46. The van der Waals surface area contributed by atoms with Crippen molar-refractivity contribution in [2.24, 2.45) is 0 Å². The predicted octanol–water partition coefficient (Wildman–Crippen LogP) is 2.04. The van der Waals surface area contributed by atoms with Crippen LogP contribution in [-0.4, -0.2) is 25.7 Å². The highest BCUT2D eigenvalue weighted by atomic mass is 19.1. The first-order valence-electron chi connectivity index (χ1n) is 6.25. The van der Waals surface area contributed by atoms with Gasteiger partial charge >= 0.3 is 0 Å². The normalized spacial score (nSPS) is 11.4. The van der Waals surface area contributed by atoms with E-state index in [0.29, 0.717) is 12.1 Å². The second-order valence-electron chi connectivity index (χ2n) is 5.33. The zero-order chi connectivity index (χ0) is 14.6. The Balaban J connectivity index is 2.15. The maximum Gasteiger partial charge on any atom is 0.248 e. The lowest BCUT2D eigenvalue weighted by molar-refractivity contribution is 0.418. The summed E-state index contributed by atoms with van der Waals surface area (Å²) in [6, 6.07) is 1.64. The minimum Gasteiger partial charge on any atom is -0.308 e. The summed E-state index contributed by atoms with van der Waals surface area (Å²) in [5, 5.41) is 13.3. The maximum atomic E-state index is 14.3. The predicted molar refractivity (Wildman–Crippen MR) is 73.9 cm³/mol. The maximum absolute atomic E-state index is 14.3. The summed E-state index contributed by atoms with van der Waals surface area (Å²) in [5.41, 5.74) is 0.441. The molecule has 2 N–H and O–H groups in total. The van der Waals surface area contributed by atoms with Crippen LogP contribution >= 0.6 is 0 Å². The van der Waals surface area contributed by atoms with Crippen LogP contribution in [0.2, 0.25) is 0 Å². The number of halogens is 1. The smallest absolute Gasteiger partial charge is 0.248 e. The van der Waals surface area contributed by atoms with Crippen molar-refractivity contribution < 1.29 is 4.39 Å². The number of hydrogen-bond donors (Lipinski definition) is 2. The van der Waals surface area contributed by atoms with Gasteiger partial charge in [0.2, 0.25) is 5.95 Å². The van der Waals surface area contributed by atoms with Crippen LogP contribution in [0.5, 0.6) is 0 Å². The SMILES string of the molecule is CC(C)(C)NCc1ccnc(Nc2nccnn2)c1F. The number of rotatable bonds is 4. The summed E-state index contributed by atoms with van der Waals surface area (Å²) in [6.45, 7) is 6.48. The molecule has 20 heavy (non-hydrogen) atoms. The van der Waals surface area contributed by atoms with Gasteiger partial charge in [-0.05, 0) is 26.8 Å². The van der Waals surface area contributed by atoms with Crippen molar-refractivity contribution in [2.45, 2.75) is 32.9 Å². The quantitative estimate of drug-likeness (QED) is 0.890. The molecule has 0 aliphatic carbocycles. The van der Waals surface area contributed by atoms with Gasteiger partial charge in [0.15, 0.2) is 11.6 Å². The topological polar surface area (TPSA) is 75.6 Å². The second-order valence-corrected chi connectivity index (χ2v) is 5.33. The van der Waals surface area contributed by atoms with Crippen molar-refractivity contribution >= 4 is 11.8 Å². The molecule has 0 aliphatic heterocycles. The molecule has 0 aliphatic rings. The fourth-order valence-electron chi connectivity index (χ4n) is 1.48. The molecule has 106 valence electrons. The minimum absolute atomic E-state index is 0.0875. The average molecular weight is 276 g/mol. The van der Waals surface area contributed by atoms with Crippen molar-refractivity contribution in [1.29, 1.82) is 0 Å². The highest BCUT2D eigenvalue weighted by Crippen LogP contribution is 2.18. The van der Waals surface area contributed by atoms with Gasteiger partial charge in [0.1, 0.15) is 0 Å². The molecule has 0 saturated carbocycles. The fourth-order valence-corrected chi connectivity index (χ4v) is 1.48. The minimum atomic E-state index is -0.420. The second kappa shape index (κ2) is 5.87. The highest BCUT2D eigenvalue weighted by molar-refractivity contribution is 5.49. The van der Waals surface area contributed by atoms with Gasteiger partial charge in [-0.25, -0.2) is 14.4 Å². The van der Waals surface area contributed by atoms with E-state index >= 15 is 0 Å². The van der Waals surface area contributed by atoms with Crippen LogP contribution in [-0.2, 0) is 6.54 Å². The number of pyridine rings is 1.